The van der Waals surface area contributed by atoms with Crippen molar-refractivity contribution in [2.45, 2.75) is 30.9 Å². The van der Waals surface area contributed by atoms with Crippen molar-refractivity contribution in [3.8, 4) is 0 Å². The maximum absolute atomic E-state index is 13.2. The number of nitrogens with zero attached hydrogens (tertiary/aromatic N) is 1. The number of anilines is 1. The van der Waals surface area contributed by atoms with E-state index in [1.807, 2.05) is 17.8 Å². The van der Waals surface area contributed by atoms with E-state index in [0.29, 0.717) is 16.2 Å². The normalized spacial score (nSPS) is 26.1. The first-order valence-corrected chi connectivity index (χ1v) is 6.90. The van der Waals surface area contributed by atoms with Crippen molar-refractivity contribution in [1.29, 1.82) is 0 Å². The third-order valence-corrected chi connectivity index (χ3v) is 4.11. The largest absolute Gasteiger partial charge is 0.399 e. The summed E-state index contributed by atoms with van der Waals surface area (Å²) in [6.45, 7) is 7.40. The lowest BCUT2D eigenvalue weighted by atomic mass is 10.1. The fraction of sp³-hybridized carbons (Fsp3) is 0.538. The molecule has 1 aromatic carbocycles. The molecule has 0 bridgehead atoms. The van der Waals surface area contributed by atoms with Gasteiger partial charge in [0.15, 0.2) is 0 Å². The Kier molecular flexibility index (Phi) is 3.94. The molecule has 2 atom stereocenters. The molecule has 1 aliphatic rings. The lowest BCUT2D eigenvalue weighted by molar-refractivity contribution is 0.262. The van der Waals surface area contributed by atoms with Crippen molar-refractivity contribution in [2.24, 2.45) is 0 Å². The van der Waals surface area contributed by atoms with Crippen LogP contribution in [0.1, 0.15) is 19.4 Å². The molecule has 0 amide bonds. The van der Waals surface area contributed by atoms with E-state index in [9.17, 15) is 4.39 Å². The van der Waals surface area contributed by atoms with Crippen LogP contribution in [0.2, 0.25) is 0 Å². The summed E-state index contributed by atoms with van der Waals surface area (Å²) in [5.41, 5.74) is 7.13. The van der Waals surface area contributed by atoms with Gasteiger partial charge in [0.05, 0.1) is 0 Å². The van der Waals surface area contributed by atoms with Crippen LogP contribution in [0.4, 0.5) is 10.1 Å². The molecular formula is C13H19FN2S. The van der Waals surface area contributed by atoms with E-state index < -0.39 is 0 Å². The Morgan fingerprint density at radius 3 is 2.53 bits per heavy atom. The van der Waals surface area contributed by atoms with Crippen LogP contribution < -0.4 is 5.73 Å². The maximum Gasteiger partial charge on any atom is 0.125 e. The lowest BCUT2D eigenvalue weighted by Crippen LogP contribution is -2.39. The highest BCUT2D eigenvalue weighted by molar-refractivity contribution is 8.00. The standard InChI is InChI=1S/C13H19FN2S/c1-9-6-16(7-10(2)17-9)8-11-3-12(14)5-13(15)4-11/h3-5,9-10H,6-8,15H2,1-2H3. The van der Waals surface area contributed by atoms with Crippen molar-refractivity contribution in [2.75, 3.05) is 18.8 Å². The summed E-state index contributed by atoms with van der Waals surface area (Å²) in [5, 5.41) is 1.29. The summed E-state index contributed by atoms with van der Waals surface area (Å²) in [6.07, 6.45) is 0. The fourth-order valence-corrected chi connectivity index (χ4v) is 3.83. The minimum absolute atomic E-state index is 0.243. The molecule has 2 N–H and O–H groups in total. The predicted molar refractivity (Wildman–Crippen MR) is 72.6 cm³/mol. The minimum atomic E-state index is -0.243. The number of benzene rings is 1. The predicted octanol–water partition coefficient (Wildman–Crippen LogP) is 2.73. The number of rotatable bonds is 2. The van der Waals surface area contributed by atoms with Gasteiger partial charge >= 0.3 is 0 Å². The number of thioether (sulfide) groups is 1. The Bertz CT molecular complexity index is 367. The summed E-state index contributed by atoms with van der Waals surface area (Å²) in [4.78, 5) is 2.38. The Balaban J connectivity index is 2.04. The maximum atomic E-state index is 13.2. The molecule has 0 saturated carbocycles. The highest BCUT2D eigenvalue weighted by Crippen LogP contribution is 2.26. The van der Waals surface area contributed by atoms with Gasteiger partial charge < -0.3 is 5.73 Å². The molecule has 2 nitrogen and oxygen atoms in total. The van der Waals surface area contributed by atoms with Crippen LogP contribution in [0.5, 0.6) is 0 Å². The van der Waals surface area contributed by atoms with Gasteiger partial charge in [0, 0.05) is 35.8 Å². The van der Waals surface area contributed by atoms with Crippen LogP contribution in [0.25, 0.3) is 0 Å². The van der Waals surface area contributed by atoms with Gasteiger partial charge in [-0.2, -0.15) is 11.8 Å². The quantitative estimate of drug-likeness (QED) is 0.823. The smallest absolute Gasteiger partial charge is 0.125 e. The van der Waals surface area contributed by atoms with E-state index in [0.717, 1.165) is 25.2 Å². The summed E-state index contributed by atoms with van der Waals surface area (Å²) >= 11 is 2.02. The molecule has 1 heterocycles. The second-order valence-electron chi connectivity index (χ2n) is 4.84. The van der Waals surface area contributed by atoms with E-state index in [1.54, 1.807) is 6.07 Å². The average Bonchev–Trinajstić information content (AvgIpc) is 2.13. The zero-order valence-corrected chi connectivity index (χ0v) is 11.1. The van der Waals surface area contributed by atoms with Crippen LogP contribution in [-0.2, 0) is 6.54 Å². The summed E-state index contributed by atoms with van der Waals surface area (Å²) < 4.78 is 13.2. The number of nitrogen functional groups attached to an aromatic ring is 1. The summed E-state index contributed by atoms with van der Waals surface area (Å²) in [7, 11) is 0. The van der Waals surface area contributed by atoms with Gasteiger partial charge in [0.1, 0.15) is 5.82 Å². The highest BCUT2D eigenvalue weighted by atomic mass is 32.2. The van der Waals surface area contributed by atoms with Crippen LogP contribution in [0, 0.1) is 5.82 Å². The first-order valence-electron chi connectivity index (χ1n) is 5.95. The van der Waals surface area contributed by atoms with Gasteiger partial charge in [0.25, 0.3) is 0 Å². The van der Waals surface area contributed by atoms with Crippen molar-refractivity contribution >= 4 is 17.4 Å². The van der Waals surface area contributed by atoms with Crippen LogP contribution in [-0.4, -0.2) is 28.5 Å². The second kappa shape index (κ2) is 5.27. The van der Waals surface area contributed by atoms with E-state index >= 15 is 0 Å². The SMILES string of the molecule is CC1CN(Cc2cc(N)cc(F)c2)CC(C)S1. The van der Waals surface area contributed by atoms with Gasteiger partial charge in [-0.3, -0.25) is 4.90 Å². The van der Waals surface area contributed by atoms with Gasteiger partial charge in [0.2, 0.25) is 0 Å². The van der Waals surface area contributed by atoms with Crippen molar-refractivity contribution < 1.29 is 4.39 Å². The molecule has 0 aliphatic carbocycles. The number of hydrogen-bond donors (Lipinski definition) is 1. The number of nitrogens with two attached hydrogens (primary N) is 1. The summed E-state index contributed by atoms with van der Waals surface area (Å²) in [5.74, 6) is -0.243. The highest BCUT2D eigenvalue weighted by Gasteiger charge is 2.22. The van der Waals surface area contributed by atoms with E-state index in [1.165, 1.54) is 6.07 Å². The van der Waals surface area contributed by atoms with E-state index in [2.05, 4.69) is 18.7 Å². The van der Waals surface area contributed by atoms with E-state index in [4.69, 9.17) is 5.73 Å². The molecule has 94 valence electrons. The third-order valence-electron chi connectivity index (χ3n) is 2.88. The molecular weight excluding hydrogens is 235 g/mol. The molecule has 1 aromatic rings. The average molecular weight is 254 g/mol. The van der Waals surface area contributed by atoms with E-state index in [-0.39, 0.29) is 5.82 Å². The Hall–Kier alpha value is -0.740. The molecule has 1 aliphatic heterocycles. The summed E-state index contributed by atoms with van der Waals surface area (Å²) in [6, 6.07) is 4.80. The van der Waals surface area contributed by atoms with Crippen LogP contribution in [0.15, 0.2) is 18.2 Å². The zero-order valence-electron chi connectivity index (χ0n) is 10.3. The van der Waals surface area contributed by atoms with Gasteiger partial charge in [-0.05, 0) is 23.8 Å². The van der Waals surface area contributed by atoms with Gasteiger partial charge in [-0.25, -0.2) is 4.39 Å². The second-order valence-corrected chi connectivity index (χ2v) is 6.73. The van der Waals surface area contributed by atoms with Crippen LogP contribution >= 0.6 is 11.8 Å². The molecule has 2 rings (SSSR count). The zero-order chi connectivity index (χ0) is 12.4. The molecule has 0 aromatic heterocycles. The topological polar surface area (TPSA) is 29.3 Å². The Morgan fingerprint density at radius 1 is 1.29 bits per heavy atom. The fourth-order valence-electron chi connectivity index (χ4n) is 2.44. The molecule has 0 spiro atoms. The number of hydrogen-bond acceptors (Lipinski definition) is 3. The first kappa shape index (κ1) is 12.7. The third kappa shape index (κ3) is 3.61. The minimum Gasteiger partial charge on any atom is -0.399 e. The van der Waals surface area contributed by atoms with Gasteiger partial charge in [-0.1, -0.05) is 13.8 Å². The Morgan fingerprint density at radius 2 is 1.94 bits per heavy atom. The van der Waals surface area contributed by atoms with Crippen molar-refractivity contribution in [3.05, 3.63) is 29.6 Å². The van der Waals surface area contributed by atoms with Crippen molar-refractivity contribution in [1.82, 2.24) is 4.90 Å². The lowest BCUT2D eigenvalue weighted by Gasteiger charge is -2.34. The van der Waals surface area contributed by atoms with Gasteiger partial charge in [-0.15, -0.1) is 0 Å². The molecule has 1 saturated heterocycles. The molecule has 0 radical (unpaired) electrons. The van der Waals surface area contributed by atoms with Crippen LogP contribution in [0.3, 0.4) is 0 Å². The number of halogens is 1. The molecule has 17 heavy (non-hydrogen) atoms. The molecule has 1 fully saturated rings. The Labute approximate surface area is 106 Å². The molecule has 2 unspecified atom stereocenters. The monoisotopic (exact) mass is 254 g/mol. The first-order chi connectivity index (χ1) is 8.02. The molecule has 4 heteroatoms. The van der Waals surface area contributed by atoms with Crippen molar-refractivity contribution in [3.63, 3.8) is 0 Å².